The van der Waals surface area contributed by atoms with E-state index >= 15 is 0 Å². The first-order valence-corrected chi connectivity index (χ1v) is 9.72. The van der Waals surface area contributed by atoms with Crippen molar-refractivity contribution >= 4 is 27.4 Å². The number of nitrogens with one attached hydrogen (secondary N) is 3. The molecule has 0 aliphatic heterocycles. The number of unbranched alkanes of at least 4 members (excludes halogenated alkanes) is 1. The van der Waals surface area contributed by atoms with E-state index in [0.29, 0.717) is 18.5 Å². The van der Waals surface area contributed by atoms with Gasteiger partial charge in [-0.05, 0) is 24.8 Å². The molecule has 1 atom stereocenters. The maximum absolute atomic E-state index is 12.2. The van der Waals surface area contributed by atoms with Crippen LogP contribution in [0.1, 0.15) is 59.8 Å². The molecule has 0 aromatic heterocycles. The minimum atomic E-state index is -0.650. The van der Waals surface area contributed by atoms with E-state index in [1.807, 2.05) is 0 Å². The summed E-state index contributed by atoms with van der Waals surface area (Å²) in [6.45, 7) is 7.79. The molecule has 0 aromatic carbocycles. The number of carbonyl (C=O) groups excluding carboxylic acids is 3. The van der Waals surface area contributed by atoms with Crippen LogP contribution in [0.15, 0.2) is 0 Å². The average Bonchev–Trinajstić information content (AvgIpc) is 2.45. The van der Waals surface area contributed by atoms with Crippen molar-refractivity contribution in [2.24, 2.45) is 0 Å². The van der Waals surface area contributed by atoms with E-state index in [2.05, 4.69) is 29.5 Å². The fourth-order valence-corrected chi connectivity index (χ4v) is 3.51. The first kappa shape index (κ1) is 20.6. The highest BCUT2D eigenvalue weighted by molar-refractivity contribution is 6.39. The molecule has 3 amide bonds. The molecule has 0 fully saturated rings. The molecule has 0 radical (unpaired) electrons. The molecule has 0 saturated carbocycles. The molecule has 128 valence electrons. The fourth-order valence-electron chi connectivity index (χ4n) is 2.20. The van der Waals surface area contributed by atoms with Crippen LogP contribution in [0.5, 0.6) is 0 Å². The highest BCUT2D eigenvalue weighted by atomic mass is 28.2. The van der Waals surface area contributed by atoms with Crippen molar-refractivity contribution in [1.29, 1.82) is 0 Å². The van der Waals surface area contributed by atoms with E-state index in [4.69, 9.17) is 0 Å². The number of amides is 3. The Balaban J connectivity index is 4.22. The van der Waals surface area contributed by atoms with Crippen LogP contribution >= 0.6 is 0 Å². The maximum atomic E-state index is 12.2. The smallest absolute Gasteiger partial charge is 0.234 e. The molecule has 0 heterocycles. The van der Waals surface area contributed by atoms with Gasteiger partial charge in [-0.1, -0.05) is 26.7 Å². The third-order valence-electron chi connectivity index (χ3n) is 3.71. The number of carbonyl (C=O) groups is 3. The lowest BCUT2D eigenvalue weighted by atomic mass is 10.1. The van der Waals surface area contributed by atoms with Crippen LogP contribution in [-0.4, -0.2) is 40.0 Å². The summed E-state index contributed by atoms with van der Waals surface area (Å²) in [6, 6.07) is -0.461. The summed E-state index contributed by atoms with van der Waals surface area (Å²) in [7, 11) is -0.650. The van der Waals surface area contributed by atoms with Gasteiger partial charge in [-0.15, -0.1) is 0 Å². The molecule has 0 bridgehead atoms. The summed E-state index contributed by atoms with van der Waals surface area (Å²) < 4.78 is 0. The Bertz CT molecular complexity index is 360. The van der Waals surface area contributed by atoms with Crippen molar-refractivity contribution in [2.75, 3.05) is 6.54 Å². The van der Waals surface area contributed by atoms with Crippen molar-refractivity contribution in [2.45, 2.75) is 71.4 Å². The molecule has 0 aliphatic rings. The second kappa shape index (κ2) is 12.2. The van der Waals surface area contributed by atoms with E-state index in [1.165, 1.54) is 13.8 Å². The van der Waals surface area contributed by atoms with E-state index in [1.54, 1.807) is 0 Å². The highest BCUT2D eigenvalue weighted by Gasteiger charge is 2.19. The van der Waals surface area contributed by atoms with E-state index in [0.717, 1.165) is 25.7 Å². The lowest BCUT2D eigenvalue weighted by Crippen LogP contribution is -2.47. The van der Waals surface area contributed by atoms with Crippen molar-refractivity contribution in [3.8, 4) is 0 Å². The number of hydrogen-bond acceptors (Lipinski definition) is 3. The molecule has 0 aliphatic carbocycles. The van der Waals surface area contributed by atoms with Gasteiger partial charge in [0.25, 0.3) is 0 Å². The van der Waals surface area contributed by atoms with Gasteiger partial charge in [0.2, 0.25) is 17.7 Å². The largest absolute Gasteiger partial charge is 0.386 e. The maximum Gasteiger partial charge on any atom is 0.234 e. The second-order valence-electron chi connectivity index (χ2n) is 5.66. The molecule has 0 aromatic rings. The van der Waals surface area contributed by atoms with Crippen molar-refractivity contribution < 1.29 is 14.4 Å². The second-order valence-corrected chi connectivity index (χ2v) is 7.58. The average molecular weight is 330 g/mol. The lowest BCUT2D eigenvalue weighted by Gasteiger charge is -2.19. The molecule has 22 heavy (non-hydrogen) atoms. The number of rotatable bonds is 11. The Morgan fingerprint density at radius 1 is 1.00 bits per heavy atom. The third kappa shape index (κ3) is 10.4. The number of hydrogen-bond donors (Lipinski definition) is 3. The van der Waals surface area contributed by atoms with Crippen LogP contribution in [0.2, 0.25) is 5.54 Å². The SMILES string of the molecule is CCC(CC)[SiH2]NC(=O)C(CCCCNC(C)=O)NC(C)=O. The Morgan fingerprint density at radius 2 is 1.64 bits per heavy atom. The van der Waals surface area contributed by atoms with Crippen molar-refractivity contribution in [3.05, 3.63) is 0 Å². The first-order valence-electron chi connectivity index (χ1n) is 8.19. The normalized spacial score (nSPS) is 12.4. The molecule has 1 unspecified atom stereocenters. The van der Waals surface area contributed by atoms with Crippen LogP contribution < -0.4 is 15.6 Å². The van der Waals surface area contributed by atoms with Gasteiger partial charge < -0.3 is 15.6 Å². The van der Waals surface area contributed by atoms with Gasteiger partial charge in [-0.2, -0.15) is 0 Å². The highest BCUT2D eigenvalue weighted by Crippen LogP contribution is 2.11. The Labute approximate surface area is 136 Å². The van der Waals surface area contributed by atoms with Crippen molar-refractivity contribution in [3.63, 3.8) is 0 Å². The topological polar surface area (TPSA) is 87.3 Å². The minimum absolute atomic E-state index is 0.0488. The van der Waals surface area contributed by atoms with E-state index < -0.39 is 15.7 Å². The van der Waals surface area contributed by atoms with Gasteiger partial charge in [0.05, 0.1) is 0 Å². The summed E-state index contributed by atoms with van der Waals surface area (Å²) in [4.78, 5) is 37.3. The summed E-state index contributed by atoms with van der Waals surface area (Å²) in [6.07, 6.45) is 4.36. The van der Waals surface area contributed by atoms with Crippen LogP contribution in [0.3, 0.4) is 0 Å². The Morgan fingerprint density at radius 3 is 2.14 bits per heavy atom. The quantitative estimate of drug-likeness (QED) is 0.383. The standard InChI is InChI=1S/C15H31N3O3Si/c1-5-13(6-2)22-18-15(21)14(17-12(4)20)9-7-8-10-16-11(3)19/h13-14H,5-10,22H2,1-4H3,(H,16,19)(H,17,20)(H,18,21). The minimum Gasteiger partial charge on any atom is -0.386 e. The summed E-state index contributed by atoms with van der Waals surface area (Å²) in [5, 5.41) is 5.45. The lowest BCUT2D eigenvalue weighted by molar-refractivity contribution is -0.127. The Kier molecular flexibility index (Phi) is 11.4. The predicted octanol–water partition coefficient (Wildman–Crippen LogP) is 0.606. The third-order valence-corrected chi connectivity index (χ3v) is 5.99. The van der Waals surface area contributed by atoms with Crippen LogP contribution in [0.4, 0.5) is 0 Å². The van der Waals surface area contributed by atoms with Gasteiger partial charge in [0.15, 0.2) is 0 Å². The van der Waals surface area contributed by atoms with Gasteiger partial charge in [-0.3, -0.25) is 14.4 Å². The summed E-state index contributed by atoms with van der Waals surface area (Å²) in [5.74, 6) is -0.299. The van der Waals surface area contributed by atoms with Gasteiger partial charge in [-0.25, -0.2) is 0 Å². The summed E-state index contributed by atoms with van der Waals surface area (Å²) >= 11 is 0. The fraction of sp³-hybridized carbons (Fsp3) is 0.800. The molecular formula is C15H31N3O3Si. The van der Waals surface area contributed by atoms with Gasteiger partial charge >= 0.3 is 0 Å². The zero-order valence-corrected chi connectivity index (χ0v) is 15.7. The monoisotopic (exact) mass is 329 g/mol. The zero-order valence-electron chi connectivity index (χ0n) is 14.3. The zero-order chi connectivity index (χ0) is 17.0. The van der Waals surface area contributed by atoms with Crippen LogP contribution in [0.25, 0.3) is 0 Å². The molecule has 0 rings (SSSR count). The van der Waals surface area contributed by atoms with E-state index in [-0.39, 0.29) is 17.7 Å². The molecule has 0 saturated heterocycles. The van der Waals surface area contributed by atoms with Gasteiger partial charge in [0, 0.05) is 20.4 Å². The molecular weight excluding hydrogens is 298 g/mol. The Hall–Kier alpha value is -1.37. The molecule has 3 N–H and O–H groups in total. The summed E-state index contributed by atoms with van der Waals surface area (Å²) in [5.41, 5.74) is 0.613. The van der Waals surface area contributed by atoms with Gasteiger partial charge in [0.1, 0.15) is 15.7 Å². The van der Waals surface area contributed by atoms with Crippen LogP contribution in [-0.2, 0) is 14.4 Å². The van der Waals surface area contributed by atoms with Crippen molar-refractivity contribution in [1.82, 2.24) is 15.6 Å². The van der Waals surface area contributed by atoms with Crippen LogP contribution in [0, 0.1) is 0 Å². The molecule has 0 spiro atoms. The predicted molar refractivity (Wildman–Crippen MR) is 91.2 cm³/mol. The molecule has 6 nitrogen and oxygen atoms in total. The molecule has 7 heteroatoms. The van der Waals surface area contributed by atoms with E-state index in [9.17, 15) is 14.4 Å². The first-order chi connectivity index (χ1) is 10.4.